The minimum atomic E-state index is -0.823. The van der Waals surface area contributed by atoms with E-state index < -0.39 is 23.3 Å². The molecule has 1 atom stereocenters. The van der Waals surface area contributed by atoms with E-state index in [0.717, 1.165) is 31.4 Å². The topological polar surface area (TPSA) is 65.4 Å². The van der Waals surface area contributed by atoms with Crippen LogP contribution in [0.4, 0.5) is 19.3 Å². The van der Waals surface area contributed by atoms with Gasteiger partial charge in [-0.3, -0.25) is 0 Å². The third-order valence-electron chi connectivity index (χ3n) is 3.94. The van der Waals surface area contributed by atoms with Gasteiger partial charge in [-0.2, -0.15) is 5.26 Å². The number of hydrogen-bond acceptors (Lipinski definition) is 4. The molecule has 1 fully saturated rings. The maximum Gasteiger partial charge on any atom is 0.410 e. The van der Waals surface area contributed by atoms with Gasteiger partial charge < -0.3 is 15.0 Å². The predicted octanol–water partition coefficient (Wildman–Crippen LogP) is 4.04. The number of hydrogen-bond donors (Lipinski definition) is 1. The molecule has 1 aromatic carbocycles. The minimum absolute atomic E-state index is 0.0754. The Balaban J connectivity index is 2.08. The van der Waals surface area contributed by atoms with Crippen molar-refractivity contribution in [1.82, 2.24) is 4.90 Å². The molecule has 1 aliphatic heterocycles. The van der Waals surface area contributed by atoms with Crippen LogP contribution in [0.1, 0.15) is 45.6 Å². The lowest BCUT2D eigenvalue weighted by Crippen LogP contribution is -2.49. The molecule has 1 N–H and O–H groups in total. The summed E-state index contributed by atoms with van der Waals surface area (Å²) in [5, 5.41) is 11.5. The molecule has 1 amide bonds. The molecule has 25 heavy (non-hydrogen) atoms. The predicted molar refractivity (Wildman–Crippen MR) is 90.1 cm³/mol. The number of piperidine rings is 1. The first-order chi connectivity index (χ1) is 11.7. The van der Waals surface area contributed by atoms with Gasteiger partial charge in [-0.25, -0.2) is 13.6 Å². The van der Waals surface area contributed by atoms with Crippen molar-refractivity contribution in [3.8, 4) is 6.07 Å². The Morgan fingerprint density at radius 3 is 2.56 bits per heavy atom. The average molecular weight is 351 g/mol. The van der Waals surface area contributed by atoms with Crippen LogP contribution in [0.5, 0.6) is 0 Å². The van der Waals surface area contributed by atoms with Gasteiger partial charge in [-0.1, -0.05) is 0 Å². The molecule has 7 heteroatoms. The summed E-state index contributed by atoms with van der Waals surface area (Å²) in [5.74, 6) is -1.65. The lowest BCUT2D eigenvalue weighted by Gasteiger charge is -2.37. The number of nitrogens with zero attached hydrogens (tertiary/aromatic N) is 2. The first kappa shape index (κ1) is 19.0. The molecule has 2 rings (SSSR count). The highest BCUT2D eigenvalue weighted by atomic mass is 19.1. The Morgan fingerprint density at radius 1 is 1.36 bits per heavy atom. The molecular weight excluding hydrogens is 328 g/mol. The number of nitriles is 1. The van der Waals surface area contributed by atoms with Gasteiger partial charge in [-0.05, 0) is 52.2 Å². The largest absolute Gasteiger partial charge is 0.444 e. The molecule has 136 valence electrons. The monoisotopic (exact) mass is 351 g/mol. The van der Waals surface area contributed by atoms with E-state index in [0.29, 0.717) is 6.54 Å². The van der Waals surface area contributed by atoms with E-state index in [1.165, 1.54) is 0 Å². The van der Waals surface area contributed by atoms with Crippen molar-refractivity contribution in [2.45, 2.75) is 51.7 Å². The molecule has 0 aliphatic carbocycles. The first-order valence-corrected chi connectivity index (χ1v) is 8.34. The summed E-state index contributed by atoms with van der Waals surface area (Å²) in [4.78, 5) is 14.0. The number of likely N-dealkylation sites (tertiary alicyclic amines) is 1. The molecule has 0 radical (unpaired) electrons. The molecule has 0 aromatic heterocycles. The maximum atomic E-state index is 14.0. The Kier molecular flexibility index (Phi) is 5.83. The van der Waals surface area contributed by atoms with Crippen molar-refractivity contribution in [2.24, 2.45) is 0 Å². The van der Waals surface area contributed by atoms with Crippen molar-refractivity contribution < 1.29 is 18.3 Å². The van der Waals surface area contributed by atoms with Crippen LogP contribution in [-0.2, 0) is 4.74 Å². The number of nitrogens with one attached hydrogen (secondary N) is 1. The highest BCUT2D eigenvalue weighted by Crippen LogP contribution is 2.24. The molecule has 0 unspecified atom stereocenters. The normalized spacial score (nSPS) is 17.8. The quantitative estimate of drug-likeness (QED) is 0.893. The summed E-state index contributed by atoms with van der Waals surface area (Å²) in [6.45, 7) is 6.15. The minimum Gasteiger partial charge on any atom is -0.444 e. The SMILES string of the molecule is CC(C)(C)OC(=O)N1CCCC[C@H]1CNc1c(F)cc(C#N)cc1F. The van der Waals surface area contributed by atoms with E-state index in [1.54, 1.807) is 31.7 Å². The number of rotatable bonds is 3. The van der Waals surface area contributed by atoms with Crippen LogP contribution in [0.15, 0.2) is 12.1 Å². The van der Waals surface area contributed by atoms with Gasteiger partial charge in [0, 0.05) is 13.1 Å². The highest BCUT2D eigenvalue weighted by molar-refractivity contribution is 5.68. The van der Waals surface area contributed by atoms with Crippen LogP contribution in [0.2, 0.25) is 0 Å². The zero-order valence-corrected chi connectivity index (χ0v) is 14.7. The molecule has 0 bridgehead atoms. The van der Waals surface area contributed by atoms with E-state index >= 15 is 0 Å². The van der Waals surface area contributed by atoms with E-state index in [4.69, 9.17) is 10.00 Å². The van der Waals surface area contributed by atoms with Gasteiger partial charge in [0.2, 0.25) is 0 Å². The summed E-state index contributed by atoms with van der Waals surface area (Å²) in [5.41, 5.74) is -0.958. The van der Waals surface area contributed by atoms with Crippen molar-refractivity contribution in [3.63, 3.8) is 0 Å². The Hall–Kier alpha value is -2.36. The molecule has 0 spiro atoms. The molecule has 1 heterocycles. The Bertz CT molecular complexity index is 657. The second-order valence-corrected chi connectivity index (χ2v) is 7.13. The second-order valence-electron chi connectivity index (χ2n) is 7.13. The van der Waals surface area contributed by atoms with Crippen molar-refractivity contribution >= 4 is 11.8 Å². The standard InChI is InChI=1S/C18H23F2N3O2/c1-18(2,3)25-17(24)23-7-5-4-6-13(23)11-22-16-14(19)8-12(10-21)9-15(16)20/h8-9,13,22H,4-7,11H2,1-3H3/t13-/m0/s1. The Morgan fingerprint density at radius 2 is 2.00 bits per heavy atom. The van der Waals surface area contributed by atoms with E-state index in [-0.39, 0.29) is 23.8 Å². The number of benzene rings is 1. The molecule has 1 saturated heterocycles. The zero-order chi connectivity index (χ0) is 18.6. The van der Waals surface area contributed by atoms with Gasteiger partial charge in [0.25, 0.3) is 0 Å². The van der Waals surface area contributed by atoms with E-state index in [2.05, 4.69) is 5.32 Å². The van der Waals surface area contributed by atoms with E-state index in [1.807, 2.05) is 0 Å². The fourth-order valence-corrected chi connectivity index (χ4v) is 2.80. The van der Waals surface area contributed by atoms with Crippen LogP contribution >= 0.6 is 0 Å². The summed E-state index contributed by atoms with van der Waals surface area (Å²) in [6, 6.07) is 3.47. The third-order valence-corrected chi connectivity index (χ3v) is 3.94. The van der Waals surface area contributed by atoms with Crippen molar-refractivity contribution in [2.75, 3.05) is 18.4 Å². The zero-order valence-electron chi connectivity index (χ0n) is 14.7. The van der Waals surface area contributed by atoms with Crippen molar-refractivity contribution in [3.05, 3.63) is 29.3 Å². The van der Waals surface area contributed by atoms with Gasteiger partial charge >= 0.3 is 6.09 Å². The van der Waals surface area contributed by atoms with Crippen LogP contribution in [-0.4, -0.2) is 35.7 Å². The summed E-state index contributed by atoms with van der Waals surface area (Å²) in [7, 11) is 0. The fourth-order valence-electron chi connectivity index (χ4n) is 2.80. The van der Waals surface area contributed by atoms with E-state index in [9.17, 15) is 13.6 Å². The number of anilines is 1. The maximum absolute atomic E-state index is 14.0. The molecule has 5 nitrogen and oxygen atoms in total. The van der Waals surface area contributed by atoms with Gasteiger partial charge in [0.1, 0.15) is 11.3 Å². The summed E-state index contributed by atoms with van der Waals surface area (Å²) >= 11 is 0. The number of carbonyl (C=O) groups is 1. The van der Waals surface area contributed by atoms with Crippen LogP contribution < -0.4 is 5.32 Å². The number of ether oxygens (including phenoxy) is 1. The van der Waals surface area contributed by atoms with Gasteiger partial charge in [-0.15, -0.1) is 0 Å². The molecule has 1 aromatic rings. The fraction of sp³-hybridized carbons (Fsp3) is 0.556. The van der Waals surface area contributed by atoms with Crippen LogP contribution in [0.25, 0.3) is 0 Å². The lowest BCUT2D eigenvalue weighted by molar-refractivity contribution is 0.0114. The average Bonchev–Trinajstić information content (AvgIpc) is 2.52. The van der Waals surface area contributed by atoms with Crippen LogP contribution in [0.3, 0.4) is 0 Å². The molecular formula is C18H23F2N3O2. The smallest absolute Gasteiger partial charge is 0.410 e. The lowest BCUT2D eigenvalue weighted by atomic mass is 10.0. The second kappa shape index (κ2) is 7.68. The first-order valence-electron chi connectivity index (χ1n) is 8.34. The Labute approximate surface area is 146 Å². The summed E-state index contributed by atoms with van der Waals surface area (Å²) < 4.78 is 33.4. The molecule has 0 saturated carbocycles. The summed E-state index contributed by atoms with van der Waals surface area (Å²) in [6.07, 6.45) is 2.12. The van der Waals surface area contributed by atoms with Crippen molar-refractivity contribution in [1.29, 1.82) is 5.26 Å². The number of halogens is 2. The third kappa shape index (κ3) is 5.05. The van der Waals surface area contributed by atoms with Gasteiger partial charge in [0.05, 0.1) is 17.7 Å². The highest BCUT2D eigenvalue weighted by Gasteiger charge is 2.30. The van der Waals surface area contributed by atoms with Crippen LogP contribution in [0, 0.1) is 23.0 Å². The number of carbonyl (C=O) groups excluding carboxylic acids is 1. The molecule has 1 aliphatic rings. The number of amides is 1. The van der Waals surface area contributed by atoms with Gasteiger partial charge in [0.15, 0.2) is 11.6 Å².